The molecule has 1 aromatic rings. The first kappa shape index (κ1) is 15.3. The summed E-state index contributed by atoms with van der Waals surface area (Å²) in [4.78, 5) is 14.3. The molecule has 0 aromatic heterocycles. The van der Waals surface area contributed by atoms with Crippen molar-refractivity contribution in [1.82, 2.24) is 4.90 Å². The van der Waals surface area contributed by atoms with Gasteiger partial charge in [-0.05, 0) is 31.4 Å². The van der Waals surface area contributed by atoms with E-state index in [-0.39, 0.29) is 12.2 Å². The number of benzene rings is 1. The Bertz CT molecular complexity index is 549. The van der Waals surface area contributed by atoms with Gasteiger partial charge < -0.3 is 14.4 Å². The minimum Gasteiger partial charge on any atom is -0.350 e. The van der Waals surface area contributed by atoms with Crippen LogP contribution in [0.2, 0.25) is 0 Å². The summed E-state index contributed by atoms with van der Waals surface area (Å²) in [5.74, 6) is 0.372. The van der Waals surface area contributed by atoms with Gasteiger partial charge in [0.15, 0.2) is 6.29 Å². The molecule has 0 saturated carbocycles. The van der Waals surface area contributed by atoms with E-state index in [0.717, 1.165) is 31.5 Å². The standard InChI is InChI=1S/C18H23NO3/c1-14-4-2-5-15(12-14)7-8-17(20)19-9-3-6-16(13-19)18-21-10-11-22-18/h2,4-5,7-8,12,16,18H,3,6,9-11,13H2,1H3/b8-7+. The van der Waals surface area contributed by atoms with Gasteiger partial charge in [-0.25, -0.2) is 0 Å². The number of piperidine rings is 1. The lowest BCUT2D eigenvalue weighted by molar-refractivity contribution is -0.134. The predicted molar refractivity (Wildman–Crippen MR) is 85.2 cm³/mol. The van der Waals surface area contributed by atoms with Crippen LogP contribution in [0.3, 0.4) is 0 Å². The van der Waals surface area contributed by atoms with Crippen molar-refractivity contribution in [2.45, 2.75) is 26.1 Å². The Labute approximate surface area is 131 Å². The molecule has 1 atom stereocenters. The van der Waals surface area contributed by atoms with Crippen molar-refractivity contribution >= 4 is 12.0 Å². The van der Waals surface area contributed by atoms with Crippen LogP contribution in [0, 0.1) is 12.8 Å². The largest absolute Gasteiger partial charge is 0.350 e. The van der Waals surface area contributed by atoms with Gasteiger partial charge in [0.2, 0.25) is 5.91 Å². The lowest BCUT2D eigenvalue weighted by atomic mass is 9.97. The Balaban J connectivity index is 1.59. The smallest absolute Gasteiger partial charge is 0.246 e. The fourth-order valence-corrected chi connectivity index (χ4v) is 3.13. The molecule has 4 heteroatoms. The van der Waals surface area contributed by atoms with Crippen LogP contribution in [0.15, 0.2) is 30.3 Å². The lowest BCUT2D eigenvalue weighted by Gasteiger charge is -2.34. The number of ether oxygens (including phenoxy) is 2. The van der Waals surface area contributed by atoms with Crippen molar-refractivity contribution in [3.05, 3.63) is 41.5 Å². The first-order chi connectivity index (χ1) is 10.7. The van der Waals surface area contributed by atoms with Crippen molar-refractivity contribution in [3.8, 4) is 0 Å². The van der Waals surface area contributed by atoms with Crippen LogP contribution in [0.25, 0.3) is 6.08 Å². The number of carbonyl (C=O) groups is 1. The second-order valence-electron chi connectivity index (χ2n) is 6.04. The quantitative estimate of drug-likeness (QED) is 0.806. The monoisotopic (exact) mass is 301 g/mol. The fourth-order valence-electron chi connectivity index (χ4n) is 3.13. The van der Waals surface area contributed by atoms with Crippen molar-refractivity contribution < 1.29 is 14.3 Å². The highest BCUT2D eigenvalue weighted by Gasteiger charge is 2.32. The highest BCUT2D eigenvalue weighted by molar-refractivity contribution is 5.91. The summed E-state index contributed by atoms with van der Waals surface area (Å²) in [6.07, 6.45) is 5.51. The summed E-state index contributed by atoms with van der Waals surface area (Å²) in [7, 11) is 0. The van der Waals surface area contributed by atoms with Gasteiger partial charge in [-0.2, -0.15) is 0 Å². The third-order valence-corrected chi connectivity index (χ3v) is 4.26. The maximum Gasteiger partial charge on any atom is 0.246 e. The maximum atomic E-state index is 12.4. The molecule has 0 N–H and O–H groups in total. The van der Waals surface area contributed by atoms with Crippen LogP contribution in [0.5, 0.6) is 0 Å². The second kappa shape index (κ2) is 7.07. The highest BCUT2D eigenvalue weighted by atomic mass is 16.7. The van der Waals surface area contributed by atoms with E-state index in [1.807, 2.05) is 23.1 Å². The molecule has 2 aliphatic heterocycles. The van der Waals surface area contributed by atoms with E-state index in [9.17, 15) is 4.79 Å². The first-order valence-electron chi connectivity index (χ1n) is 7.99. The zero-order chi connectivity index (χ0) is 15.4. The molecule has 0 radical (unpaired) electrons. The minimum absolute atomic E-state index is 0.0733. The van der Waals surface area contributed by atoms with Crippen molar-refractivity contribution in [1.29, 1.82) is 0 Å². The van der Waals surface area contributed by atoms with Crippen LogP contribution in [0.1, 0.15) is 24.0 Å². The number of hydrogen-bond donors (Lipinski definition) is 0. The van der Waals surface area contributed by atoms with Crippen molar-refractivity contribution in [2.75, 3.05) is 26.3 Å². The summed E-state index contributed by atoms with van der Waals surface area (Å²) in [6.45, 7) is 4.93. The summed E-state index contributed by atoms with van der Waals surface area (Å²) in [5, 5.41) is 0. The molecule has 1 unspecified atom stereocenters. The Kier molecular flexibility index (Phi) is 4.90. The van der Waals surface area contributed by atoms with E-state index in [1.54, 1.807) is 6.08 Å². The summed E-state index contributed by atoms with van der Waals surface area (Å²) >= 11 is 0. The summed E-state index contributed by atoms with van der Waals surface area (Å²) < 4.78 is 11.2. The number of rotatable bonds is 3. The molecule has 0 bridgehead atoms. The SMILES string of the molecule is Cc1cccc(/C=C/C(=O)N2CCCC(C3OCCO3)C2)c1. The maximum absolute atomic E-state index is 12.4. The van der Waals surface area contributed by atoms with Crippen LogP contribution in [0.4, 0.5) is 0 Å². The average molecular weight is 301 g/mol. The van der Waals surface area contributed by atoms with Crippen LogP contribution in [-0.4, -0.2) is 43.4 Å². The molecule has 4 nitrogen and oxygen atoms in total. The Morgan fingerprint density at radius 2 is 2.14 bits per heavy atom. The van der Waals surface area contributed by atoms with Gasteiger partial charge >= 0.3 is 0 Å². The molecule has 2 fully saturated rings. The lowest BCUT2D eigenvalue weighted by Crippen LogP contribution is -2.43. The summed E-state index contributed by atoms with van der Waals surface area (Å²) in [6, 6.07) is 8.14. The zero-order valence-electron chi connectivity index (χ0n) is 13.0. The first-order valence-corrected chi connectivity index (χ1v) is 7.99. The molecule has 3 rings (SSSR count). The molecule has 2 heterocycles. The van der Waals surface area contributed by atoms with E-state index in [1.165, 1.54) is 5.56 Å². The molecule has 1 aromatic carbocycles. The number of aryl methyl sites for hydroxylation is 1. The molecule has 2 aliphatic rings. The van der Waals surface area contributed by atoms with E-state index in [2.05, 4.69) is 19.1 Å². The van der Waals surface area contributed by atoms with E-state index < -0.39 is 0 Å². The molecule has 2 saturated heterocycles. The van der Waals surface area contributed by atoms with Gasteiger partial charge in [-0.15, -0.1) is 0 Å². The van der Waals surface area contributed by atoms with E-state index in [4.69, 9.17) is 9.47 Å². The van der Waals surface area contributed by atoms with Crippen molar-refractivity contribution in [2.24, 2.45) is 5.92 Å². The molecule has 0 spiro atoms. The van der Waals surface area contributed by atoms with Gasteiger partial charge in [0.1, 0.15) is 0 Å². The molecular weight excluding hydrogens is 278 g/mol. The molecular formula is C18H23NO3. The third kappa shape index (κ3) is 3.76. The Morgan fingerprint density at radius 3 is 2.91 bits per heavy atom. The predicted octanol–water partition coefficient (Wildman–Crippen LogP) is 2.62. The van der Waals surface area contributed by atoms with Gasteiger partial charge in [0.05, 0.1) is 13.2 Å². The van der Waals surface area contributed by atoms with Crippen LogP contribution >= 0.6 is 0 Å². The van der Waals surface area contributed by atoms with E-state index in [0.29, 0.717) is 19.1 Å². The summed E-state index contributed by atoms with van der Waals surface area (Å²) in [5.41, 5.74) is 2.26. The van der Waals surface area contributed by atoms with E-state index >= 15 is 0 Å². The molecule has 0 aliphatic carbocycles. The highest BCUT2D eigenvalue weighted by Crippen LogP contribution is 2.25. The topological polar surface area (TPSA) is 38.8 Å². The molecule has 22 heavy (non-hydrogen) atoms. The van der Waals surface area contributed by atoms with Gasteiger partial charge in [0, 0.05) is 25.1 Å². The average Bonchev–Trinajstić information content (AvgIpc) is 3.07. The van der Waals surface area contributed by atoms with Crippen molar-refractivity contribution in [3.63, 3.8) is 0 Å². The Hall–Kier alpha value is -1.65. The fraction of sp³-hybridized carbons (Fsp3) is 0.500. The normalized spacial score (nSPS) is 23.3. The van der Waals surface area contributed by atoms with Crippen LogP contribution < -0.4 is 0 Å². The number of amides is 1. The second-order valence-corrected chi connectivity index (χ2v) is 6.04. The van der Waals surface area contributed by atoms with Crippen LogP contribution in [-0.2, 0) is 14.3 Å². The zero-order valence-corrected chi connectivity index (χ0v) is 13.0. The van der Waals surface area contributed by atoms with Gasteiger partial charge in [0.25, 0.3) is 0 Å². The van der Waals surface area contributed by atoms with Gasteiger partial charge in [-0.3, -0.25) is 4.79 Å². The Morgan fingerprint density at radius 1 is 1.32 bits per heavy atom. The number of carbonyl (C=O) groups excluding carboxylic acids is 1. The molecule has 118 valence electrons. The minimum atomic E-state index is -0.128. The van der Waals surface area contributed by atoms with Gasteiger partial charge in [-0.1, -0.05) is 29.8 Å². The number of nitrogens with zero attached hydrogens (tertiary/aromatic N) is 1. The third-order valence-electron chi connectivity index (χ3n) is 4.26. The number of hydrogen-bond acceptors (Lipinski definition) is 3. The molecule has 1 amide bonds. The number of likely N-dealkylation sites (tertiary alicyclic amines) is 1.